The minimum atomic E-state index is -1.13. The molecule has 0 saturated heterocycles. The van der Waals surface area contributed by atoms with Crippen LogP contribution in [-0.2, 0) is 9.53 Å². The van der Waals surface area contributed by atoms with E-state index in [1.165, 1.54) is 19.4 Å². The maximum absolute atomic E-state index is 12.9. The van der Waals surface area contributed by atoms with Gasteiger partial charge in [0.05, 0.1) is 12.8 Å². The number of nitrogens with one attached hydrogen (secondary N) is 2. The summed E-state index contributed by atoms with van der Waals surface area (Å²) in [5.41, 5.74) is 2.17. The lowest BCUT2D eigenvalue weighted by atomic mass is 10.1. The standard InChI is InChI=1S/C20H19N3O4/c1-13-8-9-17(26-2)16(12-13)22-19(24)18(14-6-4-3-5-7-14)27-20(25)15-10-11-21-23-15/h3-12,18H,1-2H3,(H,21,23)(H,22,24). The molecule has 0 aliphatic carbocycles. The summed E-state index contributed by atoms with van der Waals surface area (Å²) in [7, 11) is 1.52. The normalized spacial score (nSPS) is 11.5. The van der Waals surface area contributed by atoms with Crippen molar-refractivity contribution in [2.75, 3.05) is 12.4 Å². The Hall–Kier alpha value is -3.61. The number of carbonyl (C=O) groups excluding carboxylic acids is 2. The second-order valence-corrected chi connectivity index (χ2v) is 5.86. The smallest absolute Gasteiger partial charge is 0.357 e. The minimum Gasteiger partial charge on any atom is -0.495 e. The van der Waals surface area contributed by atoms with Gasteiger partial charge in [-0.2, -0.15) is 5.10 Å². The summed E-state index contributed by atoms with van der Waals surface area (Å²) in [5, 5.41) is 9.04. The molecule has 2 aromatic carbocycles. The number of aromatic nitrogens is 2. The number of hydrogen-bond acceptors (Lipinski definition) is 5. The first kappa shape index (κ1) is 18.2. The molecule has 1 atom stereocenters. The van der Waals surface area contributed by atoms with Crippen molar-refractivity contribution in [3.05, 3.63) is 77.6 Å². The summed E-state index contributed by atoms with van der Waals surface area (Å²) in [6.45, 7) is 1.90. The third-order valence-electron chi connectivity index (χ3n) is 3.90. The summed E-state index contributed by atoms with van der Waals surface area (Å²) < 4.78 is 10.7. The molecule has 1 heterocycles. The Morgan fingerprint density at radius 2 is 1.89 bits per heavy atom. The van der Waals surface area contributed by atoms with Gasteiger partial charge in [0.2, 0.25) is 6.10 Å². The molecule has 1 aromatic heterocycles. The summed E-state index contributed by atoms with van der Waals surface area (Å²) in [6.07, 6.45) is 0.304. The fourth-order valence-corrected chi connectivity index (χ4v) is 2.56. The molecule has 0 bridgehead atoms. The van der Waals surface area contributed by atoms with E-state index in [0.717, 1.165) is 5.56 Å². The number of nitrogens with zero attached hydrogens (tertiary/aromatic N) is 1. The van der Waals surface area contributed by atoms with E-state index >= 15 is 0 Å². The third-order valence-corrected chi connectivity index (χ3v) is 3.90. The van der Waals surface area contributed by atoms with Gasteiger partial charge in [-0.25, -0.2) is 4.79 Å². The Kier molecular flexibility index (Phi) is 5.51. The van der Waals surface area contributed by atoms with Crippen molar-refractivity contribution in [2.45, 2.75) is 13.0 Å². The average molecular weight is 365 g/mol. The van der Waals surface area contributed by atoms with Crippen LogP contribution < -0.4 is 10.1 Å². The van der Waals surface area contributed by atoms with Gasteiger partial charge in [-0.1, -0.05) is 36.4 Å². The van der Waals surface area contributed by atoms with Gasteiger partial charge < -0.3 is 14.8 Å². The zero-order chi connectivity index (χ0) is 19.2. The van der Waals surface area contributed by atoms with Crippen molar-refractivity contribution < 1.29 is 19.1 Å². The van der Waals surface area contributed by atoms with Gasteiger partial charge in [0, 0.05) is 11.8 Å². The monoisotopic (exact) mass is 365 g/mol. The van der Waals surface area contributed by atoms with Crippen LogP contribution in [0.15, 0.2) is 60.8 Å². The second kappa shape index (κ2) is 8.18. The Balaban J connectivity index is 1.87. The molecule has 0 fully saturated rings. The van der Waals surface area contributed by atoms with Crippen LogP contribution in [0.3, 0.4) is 0 Å². The van der Waals surface area contributed by atoms with E-state index in [4.69, 9.17) is 9.47 Å². The fourth-order valence-electron chi connectivity index (χ4n) is 2.56. The second-order valence-electron chi connectivity index (χ2n) is 5.86. The predicted molar refractivity (Wildman–Crippen MR) is 99.5 cm³/mol. The van der Waals surface area contributed by atoms with E-state index in [1.807, 2.05) is 19.1 Å². The van der Waals surface area contributed by atoms with E-state index in [1.54, 1.807) is 36.4 Å². The molecular weight excluding hydrogens is 346 g/mol. The van der Waals surface area contributed by atoms with Crippen molar-refractivity contribution in [2.24, 2.45) is 0 Å². The topological polar surface area (TPSA) is 93.3 Å². The molecule has 138 valence electrons. The zero-order valence-electron chi connectivity index (χ0n) is 14.9. The van der Waals surface area contributed by atoms with E-state index < -0.39 is 18.0 Å². The lowest BCUT2D eigenvalue weighted by Crippen LogP contribution is -2.26. The van der Waals surface area contributed by atoms with Crippen molar-refractivity contribution >= 4 is 17.6 Å². The van der Waals surface area contributed by atoms with E-state index in [-0.39, 0.29) is 5.69 Å². The molecule has 1 unspecified atom stereocenters. The average Bonchev–Trinajstić information content (AvgIpc) is 3.21. The number of esters is 1. The molecular formula is C20H19N3O4. The molecule has 1 amide bonds. The zero-order valence-corrected chi connectivity index (χ0v) is 14.9. The number of amides is 1. The van der Waals surface area contributed by atoms with Gasteiger partial charge in [-0.05, 0) is 30.7 Å². The van der Waals surface area contributed by atoms with Gasteiger partial charge in [-0.15, -0.1) is 0 Å². The molecule has 3 rings (SSSR count). The highest BCUT2D eigenvalue weighted by molar-refractivity contribution is 5.98. The number of hydrogen-bond donors (Lipinski definition) is 2. The van der Waals surface area contributed by atoms with Gasteiger partial charge in [-0.3, -0.25) is 9.89 Å². The fraction of sp³-hybridized carbons (Fsp3) is 0.150. The molecule has 2 N–H and O–H groups in total. The first-order chi connectivity index (χ1) is 13.1. The Morgan fingerprint density at radius 1 is 1.11 bits per heavy atom. The highest BCUT2D eigenvalue weighted by atomic mass is 16.5. The predicted octanol–water partition coefficient (Wildman–Crippen LogP) is 3.26. The van der Waals surface area contributed by atoms with Crippen molar-refractivity contribution in [1.29, 1.82) is 0 Å². The first-order valence-electron chi connectivity index (χ1n) is 8.29. The summed E-state index contributed by atoms with van der Waals surface area (Å²) in [6, 6.07) is 15.7. The summed E-state index contributed by atoms with van der Waals surface area (Å²) in [4.78, 5) is 25.3. The third kappa shape index (κ3) is 4.33. The van der Waals surface area contributed by atoms with Crippen molar-refractivity contribution in [1.82, 2.24) is 10.2 Å². The first-order valence-corrected chi connectivity index (χ1v) is 8.29. The molecule has 7 heteroatoms. The van der Waals surface area contributed by atoms with Crippen molar-refractivity contribution in [3.63, 3.8) is 0 Å². The molecule has 27 heavy (non-hydrogen) atoms. The summed E-state index contributed by atoms with van der Waals surface area (Å²) in [5.74, 6) is -0.647. The van der Waals surface area contributed by atoms with Crippen molar-refractivity contribution in [3.8, 4) is 5.75 Å². The maximum atomic E-state index is 12.9. The number of benzene rings is 2. The van der Waals surface area contributed by atoms with Crippen LogP contribution in [0.1, 0.15) is 27.7 Å². The number of aryl methyl sites for hydroxylation is 1. The van der Waals surface area contributed by atoms with E-state index in [0.29, 0.717) is 17.0 Å². The number of H-pyrrole nitrogens is 1. The minimum absolute atomic E-state index is 0.164. The lowest BCUT2D eigenvalue weighted by molar-refractivity contribution is -0.125. The number of carbonyl (C=O) groups is 2. The van der Waals surface area contributed by atoms with E-state index in [9.17, 15) is 9.59 Å². The Morgan fingerprint density at radius 3 is 2.56 bits per heavy atom. The highest BCUT2D eigenvalue weighted by Gasteiger charge is 2.27. The van der Waals surface area contributed by atoms with Gasteiger partial charge in [0.1, 0.15) is 11.4 Å². The van der Waals surface area contributed by atoms with E-state index in [2.05, 4.69) is 15.5 Å². The highest BCUT2D eigenvalue weighted by Crippen LogP contribution is 2.28. The number of anilines is 1. The van der Waals surface area contributed by atoms with Crippen LogP contribution in [0.4, 0.5) is 5.69 Å². The number of ether oxygens (including phenoxy) is 2. The summed E-state index contributed by atoms with van der Waals surface area (Å²) >= 11 is 0. The number of rotatable bonds is 6. The molecule has 7 nitrogen and oxygen atoms in total. The molecule has 0 aliphatic heterocycles. The Labute approximate surface area is 156 Å². The van der Waals surface area contributed by atoms with Crippen LogP contribution >= 0.6 is 0 Å². The Bertz CT molecular complexity index is 924. The van der Waals surface area contributed by atoms with Crippen LogP contribution in [-0.4, -0.2) is 29.2 Å². The van der Waals surface area contributed by atoms with Gasteiger partial charge in [0.15, 0.2) is 0 Å². The number of methoxy groups -OCH3 is 1. The molecule has 0 spiro atoms. The maximum Gasteiger partial charge on any atom is 0.357 e. The van der Waals surface area contributed by atoms with Crippen LogP contribution in [0.25, 0.3) is 0 Å². The number of aromatic amines is 1. The quantitative estimate of drug-likeness (QED) is 0.654. The molecule has 0 saturated carbocycles. The largest absolute Gasteiger partial charge is 0.495 e. The van der Waals surface area contributed by atoms with Crippen LogP contribution in [0.5, 0.6) is 5.75 Å². The van der Waals surface area contributed by atoms with Crippen LogP contribution in [0.2, 0.25) is 0 Å². The van der Waals surface area contributed by atoms with Crippen LogP contribution in [0, 0.1) is 6.92 Å². The van der Waals surface area contributed by atoms with Gasteiger partial charge in [0.25, 0.3) is 5.91 Å². The lowest BCUT2D eigenvalue weighted by Gasteiger charge is -2.19. The van der Waals surface area contributed by atoms with Gasteiger partial charge >= 0.3 is 5.97 Å². The molecule has 3 aromatic rings. The SMILES string of the molecule is COc1ccc(C)cc1NC(=O)C(OC(=O)c1ccn[nH]1)c1ccccc1. The molecule has 0 radical (unpaired) electrons. The molecule has 0 aliphatic rings.